The molecule has 25 heavy (non-hydrogen) atoms. The highest BCUT2D eigenvalue weighted by Crippen LogP contribution is 2.36. The van der Waals surface area contributed by atoms with Gasteiger partial charge in [-0.3, -0.25) is 4.79 Å². The van der Waals surface area contributed by atoms with Gasteiger partial charge < -0.3 is 4.74 Å². The third kappa shape index (κ3) is 5.52. The minimum Gasteiger partial charge on any atom is -0.465 e. The van der Waals surface area contributed by atoms with Crippen LogP contribution in [0.1, 0.15) is 12.5 Å². The Hall–Kier alpha value is -1.44. The minimum absolute atomic E-state index is 0.0916. The van der Waals surface area contributed by atoms with Gasteiger partial charge in [0.1, 0.15) is 6.04 Å². The summed E-state index contributed by atoms with van der Waals surface area (Å²) in [7, 11) is -4.95. The van der Waals surface area contributed by atoms with Crippen LogP contribution in [-0.2, 0) is 19.6 Å². The second-order valence-electron chi connectivity index (χ2n) is 7.41. The van der Waals surface area contributed by atoms with Crippen LogP contribution in [0.25, 0.3) is 6.08 Å². The Morgan fingerprint density at radius 2 is 1.88 bits per heavy atom. The zero-order valence-corrected chi connectivity index (χ0v) is 17.1. The molecule has 1 aliphatic rings. The van der Waals surface area contributed by atoms with E-state index in [1.165, 1.54) is 4.31 Å². The van der Waals surface area contributed by atoms with Crippen LogP contribution in [0.15, 0.2) is 36.4 Å². The summed E-state index contributed by atoms with van der Waals surface area (Å²) < 4.78 is 31.7. The molecule has 2 rings (SSSR count). The van der Waals surface area contributed by atoms with E-state index in [1.807, 2.05) is 36.4 Å². The van der Waals surface area contributed by atoms with E-state index in [2.05, 4.69) is 19.6 Å². The summed E-state index contributed by atoms with van der Waals surface area (Å²) in [5.74, 6) is -0.379. The van der Waals surface area contributed by atoms with Gasteiger partial charge in [-0.2, -0.15) is 4.31 Å². The number of sulfonamides is 1. The molecule has 1 fully saturated rings. The van der Waals surface area contributed by atoms with Crippen molar-refractivity contribution in [3.05, 3.63) is 42.0 Å². The summed E-state index contributed by atoms with van der Waals surface area (Å²) >= 11 is 0. The Kier molecular flexibility index (Phi) is 6.24. The largest absolute Gasteiger partial charge is 0.465 e. The van der Waals surface area contributed by atoms with Gasteiger partial charge in [0, 0.05) is 8.07 Å². The average molecular weight is 382 g/mol. The molecule has 0 spiro atoms. The van der Waals surface area contributed by atoms with Crippen LogP contribution in [0.5, 0.6) is 0 Å². The number of carbonyl (C=O) groups is 1. The lowest BCUT2D eigenvalue weighted by molar-refractivity contribution is -0.143. The van der Waals surface area contributed by atoms with Gasteiger partial charge in [0.2, 0.25) is 10.0 Å². The number of rotatable bonds is 8. The van der Waals surface area contributed by atoms with E-state index in [-0.39, 0.29) is 12.4 Å². The monoisotopic (exact) mass is 381 g/mol. The predicted octanol–water partition coefficient (Wildman–Crippen LogP) is 2.98. The van der Waals surface area contributed by atoms with Gasteiger partial charge in [-0.05, 0) is 18.5 Å². The van der Waals surface area contributed by atoms with Gasteiger partial charge in [0.05, 0.1) is 18.4 Å². The molecule has 7 heteroatoms. The number of hydrogen-bond acceptors (Lipinski definition) is 4. The number of esters is 1. The van der Waals surface area contributed by atoms with Crippen molar-refractivity contribution in [1.29, 1.82) is 0 Å². The Morgan fingerprint density at radius 3 is 2.44 bits per heavy atom. The molecule has 0 aliphatic carbocycles. The molecule has 138 valence electrons. The summed E-state index contributed by atoms with van der Waals surface area (Å²) in [5, 5.41) is 0. The lowest BCUT2D eigenvalue weighted by Gasteiger charge is -2.15. The molecule has 0 aromatic heterocycles. The molecule has 1 saturated heterocycles. The first-order chi connectivity index (χ1) is 11.7. The van der Waals surface area contributed by atoms with Gasteiger partial charge in [0.25, 0.3) is 0 Å². The highest BCUT2D eigenvalue weighted by Gasteiger charge is 2.58. The topological polar surface area (TPSA) is 63.5 Å². The standard InChI is InChI=1S/C18H27NO4SSi/c1-5-23-18(20)17-16(12-11-15-9-7-6-8-10-15)19(17)24(21,22)13-14-25(2,3)4/h6-12,16-17H,5,13-14H2,1-4H3/b12-11+. The first-order valence-corrected chi connectivity index (χ1v) is 13.9. The number of carbonyl (C=O) groups excluding carboxylic acids is 1. The summed E-state index contributed by atoms with van der Waals surface area (Å²) in [4.78, 5) is 12.1. The molecule has 0 saturated carbocycles. The molecule has 5 nitrogen and oxygen atoms in total. The molecule has 1 aromatic rings. The summed E-state index contributed by atoms with van der Waals surface area (Å²) in [6.07, 6.45) is 3.63. The Bertz CT molecular complexity index is 725. The second-order valence-corrected chi connectivity index (χ2v) is 15.0. The molecule has 0 N–H and O–H groups in total. The zero-order valence-electron chi connectivity index (χ0n) is 15.3. The molecule has 1 aromatic carbocycles. The quantitative estimate of drug-likeness (QED) is 0.394. The molecule has 0 bridgehead atoms. The van der Waals surface area contributed by atoms with E-state index in [0.29, 0.717) is 6.04 Å². The van der Waals surface area contributed by atoms with E-state index in [0.717, 1.165) is 5.56 Å². The molecule has 0 radical (unpaired) electrons. The average Bonchev–Trinajstić information content (AvgIpc) is 3.27. The first kappa shape index (κ1) is 19.9. The molecule has 3 unspecified atom stereocenters. The predicted molar refractivity (Wildman–Crippen MR) is 103 cm³/mol. The highest BCUT2D eigenvalue weighted by molar-refractivity contribution is 7.89. The van der Waals surface area contributed by atoms with Crippen LogP contribution in [0.4, 0.5) is 0 Å². The summed E-state index contributed by atoms with van der Waals surface area (Å²) in [6, 6.07) is 9.11. The molecule has 3 atom stereocenters. The fraction of sp³-hybridized carbons (Fsp3) is 0.500. The molecule has 1 heterocycles. The number of nitrogens with zero attached hydrogens (tertiary/aromatic N) is 1. The van der Waals surface area contributed by atoms with Crippen molar-refractivity contribution in [2.75, 3.05) is 12.4 Å². The van der Waals surface area contributed by atoms with Crippen molar-refractivity contribution in [2.45, 2.75) is 44.7 Å². The van der Waals surface area contributed by atoms with Crippen molar-refractivity contribution in [2.24, 2.45) is 0 Å². The smallest absolute Gasteiger partial charge is 0.326 e. The van der Waals surface area contributed by atoms with Gasteiger partial charge in [-0.25, -0.2) is 8.42 Å². The van der Waals surface area contributed by atoms with Crippen LogP contribution >= 0.6 is 0 Å². The van der Waals surface area contributed by atoms with E-state index in [9.17, 15) is 13.2 Å². The number of hydrogen-bond donors (Lipinski definition) is 0. The number of benzene rings is 1. The fourth-order valence-corrected chi connectivity index (χ4v) is 7.31. The van der Waals surface area contributed by atoms with Crippen LogP contribution in [-0.4, -0.2) is 51.2 Å². The lowest BCUT2D eigenvalue weighted by atomic mass is 10.2. The van der Waals surface area contributed by atoms with Crippen LogP contribution in [0.2, 0.25) is 25.7 Å². The van der Waals surface area contributed by atoms with E-state index in [4.69, 9.17) is 4.74 Å². The lowest BCUT2D eigenvalue weighted by Crippen LogP contribution is -2.28. The van der Waals surface area contributed by atoms with Crippen LogP contribution in [0.3, 0.4) is 0 Å². The fourth-order valence-electron chi connectivity index (χ4n) is 2.56. The van der Waals surface area contributed by atoms with Crippen molar-refractivity contribution in [1.82, 2.24) is 4.31 Å². The number of ether oxygens (including phenoxy) is 1. The highest BCUT2D eigenvalue weighted by atomic mass is 32.2. The Labute approximate surface area is 151 Å². The maximum Gasteiger partial charge on any atom is 0.326 e. The zero-order chi connectivity index (χ0) is 18.7. The van der Waals surface area contributed by atoms with Gasteiger partial charge in [-0.1, -0.05) is 62.1 Å². The SMILES string of the molecule is CCOC(=O)C1C(/C=C/c2ccccc2)N1S(=O)(=O)CC[Si](C)(C)C. The third-order valence-electron chi connectivity index (χ3n) is 4.05. The van der Waals surface area contributed by atoms with Crippen molar-refractivity contribution >= 4 is 30.1 Å². The Balaban J connectivity index is 2.15. The van der Waals surface area contributed by atoms with Crippen molar-refractivity contribution in [3.63, 3.8) is 0 Å². The second kappa shape index (κ2) is 7.84. The van der Waals surface area contributed by atoms with Gasteiger partial charge in [0.15, 0.2) is 0 Å². The van der Waals surface area contributed by atoms with Crippen molar-refractivity contribution in [3.8, 4) is 0 Å². The van der Waals surface area contributed by atoms with Crippen molar-refractivity contribution < 1.29 is 17.9 Å². The van der Waals surface area contributed by atoms with E-state index >= 15 is 0 Å². The van der Waals surface area contributed by atoms with Crippen LogP contribution < -0.4 is 0 Å². The van der Waals surface area contributed by atoms with Gasteiger partial charge in [-0.15, -0.1) is 0 Å². The maximum atomic E-state index is 12.7. The first-order valence-electron chi connectivity index (χ1n) is 8.57. The summed E-state index contributed by atoms with van der Waals surface area (Å²) in [6.45, 7) is 8.38. The molecular weight excluding hydrogens is 354 g/mol. The third-order valence-corrected chi connectivity index (χ3v) is 7.99. The van der Waals surface area contributed by atoms with Gasteiger partial charge >= 0.3 is 5.97 Å². The molecule has 1 aliphatic heterocycles. The van der Waals surface area contributed by atoms with E-state index < -0.39 is 36.2 Å². The Morgan fingerprint density at radius 1 is 1.24 bits per heavy atom. The normalized spacial score (nSPS) is 23.6. The molecular formula is C18H27NO4SSi. The van der Waals surface area contributed by atoms with Crippen LogP contribution in [0, 0.1) is 0 Å². The molecule has 0 amide bonds. The van der Waals surface area contributed by atoms with E-state index in [1.54, 1.807) is 13.0 Å². The minimum atomic E-state index is -3.47. The summed E-state index contributed by atoms with van der Waals surface area (Å²) in [5.41, 5.74) is 0.969. The maximum absolute atomic E-state index is 12.7.